The molecule has 2 aromatic rings. The largest absolute Gasteiger partial charge is 0.392 e. The van der Waals surface area contributed by atoms with E-state index in [0.717, 1.165) is 0 Å². The maximum absolute atomic E-state index is 11.1. The molecule has 80 valence electrons. The first-order valence-corrected chi connectivity index (χ1v) is 6.35. The van der Waals surface area contributed by atoms with Crippen molar-refractivity contribution in [2.45, 2.75) is 11.5 Å². The Hall–Kier alpha value is -1.11. The van der Waals surface area contributed by atoms with E-state index in [1.807, 2.05) is 0 Å². The molecule has 0 saturated heterocycles. The highest BCUT2D eigenvalue weighted by Gasteiger charge is 2.14. The molecule has 0 aliphatic carbocycles. The molecule has 1 aromatic carbocycles. The van der Waals surface area contributed by atoms with E-state index in [0.29, 0.717) is 16.6 Å². The predicted octanol–water partition coefficient (Wildman–Crippen LogP) is 0.983. The van der Waals surface area contributed by atoms with Crippen LogP contribution >= 0.6 is 10.7 Å². The van der Waals surface area contributed by atoms with Gasteiger partial charge in [0.15, 0.2) is 0 Å². The molecule has 5 nitrogen and oxygen atoms in total. The smallest absolute Gasteiger partial charge is 0.261 e. The van der Waals surface area contributed by atoms with Crippen LogP contribution in [0, 0.1) is 0 Å². The number of hydrogen-bond acceptors (Lipinski definition) is 4. The number of aliphatic hydroxyl groups excluding tert-OH is 1. The third-order valence-corrected chi connectivity index (χ3v) is 3.36. The van der Waals surface area contributed by atoms with Crippen LogP contribution in [0.1, 0.15) is 5.56 Å². The molecule has 0 spiro atoms. The summed E-state index contributed by atoms with van der Waals surface area (Å²) in [6, 6.07) is 2.69. The molecule has 1 aromatic heterocycles. The zero-order valence-electron chi connectivity index (χ0n) is 7.44. The summed E-state index contributed by atoms with van der Waals surface area (Å²) in [6.45, 7) is -0.290. The van der Waals surface area contributed by atoms with E-state index in [1.165, 1.54) is 18.5 Å². The molecular formula is C8H7ClN2O3S. The predicted molar refractivity (Wildman–Crippen MR) is 55.1 cm³/mol. The summed E-state index contributed by atoms with van der Waals surface area (Å²) >= 11 is 0. The van der Waals surface area contributed by atoms with Crippen LogP contribution in [0.15, 0.2) is 23.4 Å². The lowest BCUT2D eigenvalue weighted by atomic mass is 10.2. The van der Waals surface area contributed by atoms with Crippen LogP contribution in [0.3, 0.4) is 0 Å². The number of H-pyrrole nitrogens is 1. The van der Waals surface area contributed by atoms with Gasteiger partial charge in [-0.2, -0.15) is 0 Å². The Morgan fingerprint density at radius 2 is 2.20 bits per heavy atom. The minimum absolute atomic E-state index is 0.0510. The van der Waals surface area contributed by atoms with Crippen LogP contribution in [0.5, 0.6) is 0 Å². The number of aromatic nitrogens is 2. The highest BCUT2D eigenvalue weighted by atomic mass is 35.7. The lowest BCUT2D eigenvalue weighted by Crippen LogP contribution is -1.94. The van der Waals surface area contributed by atoms with Gasteiger partial charge in [-0.1, -0.05) is 0 Å². The number of fused-ring (bicyclic) bond motifs is 1. The minimum atomic E-state index is -3.79. The number of hydrogen-bond donors (Lipinski definition) is 2. The molecule has 7 heteroatoms. The fourth-order valence-corrected chi connectivity index (χ4v) is 2.16. The van der Waals surface area contributed by atoms with Gasteiger partial charge >= 0.3 is 0 Å². The third kappa shape index (κ3) is 1.83. The topological polar surface area (TPSA) is 83.1 Å². The Kier molecular flexibility index (Phi) is 2.41. The summed E-state index contributed by atoms with van der Waals surface area (Å²) in [5.74, 6) is 0. The van der Waals surface area contributed by atoms with E-state index in [-0.39, 0.29) is 11.5 Å². The minimum Gasteiger partial charge on any atom is -0.392 e. The summed E-state index contributed by atoms with van der Waals surface area (Å²) in [5.41, 5.74) is 1.50. The second-order valence-corrected chi connectivity index (χ2v) is 5.54. The summed E-state index contributed by atoms with van der Waals surface area (Å²) < 4.78 is 22.2. The number of nitrogens with one attached hydrogen (secondary N) is 1. The van der Waals surface area contributed by atoms with Crippen molar-refractivity contribution < 1.29 is 13.5 Å². The van der Waals surface area contributed by atoms with Crippen molar-refractivity contribution in [3.63, 3.8) is 0 Å². The second kappa shape index (κ2) is 3.48. The van der Waals surface area contributed by atoms with Crippen LogP contribution in [-0.2, 0) is 15.7 Å². The summed E-state index contributed by atoms with van der Waals surface area (Å²) in [6.07, 6.45) is 1.43. The number of benzene rings is 1. The fraction of sp³-hybridized carbons (Fsp3) is 0.125. The van der Waals surface area contributed by atoms with Crippen molar-refractivity contribution in [3.05, 3.63) is 24.0 Å². The van der Waals surface area contributed by atoms with Gasteiger partial charge in [-0.3, -0.25) is 0 Å². The number of halogens is 1. The lowest BCUT2D eigenvalue weighted by Gasteiger charge is -2.01. The van der Waals surface area contributed by atoms with Crippen molar-refractivity contribution in [1.82, 2.24) is 9.97 Å². The number of rotatable bonds is 2. The van der Waals surface area contributed by atoms with Crippen molar-refractivity contribution >= 4 is 30.8 Å². The first-order chi connectivity index (χ1) is 7.02. The molecule has 0 fully saturated rings. The Morgan fingerprint density at radius 3 is 2.80 bits per heavy atom. The van der Waals surface area contributed by atoms with Gasteiger partial charge in [0, 0.05) is 16.2 Å². The van der Waals surface area contributed by atoms with Crippen molar-refractivity contribution in [3.8, 4) is 0 Å². The zero-order valence-corrected chi connectivity index (χ0v) is 9.01. The van der Waals surface area contributed by atoms with Gasteiger partial charge in [-0.15, -0.1) is 0 Å². The van der Waals surface area contributed by atoms with Gasteiger partial charge in [-0.05, 0) is 12.1 Å². The quantitative estimate of drug-likeness (QED) is 0.774. The van der Waals surface area contributed by atoms with Gasteiger partial charge in [-0.25, -0.2) is 13.4 Å². The maximum Gasteiger partial charge on any atom is 0.261 e. The van der Waals surface area contributed by atoms with E-state index in [1.54, 1.807) is 0 Å². The fourth-order valence-electron chi connectivity index (χ4n) is 1.36. The summed E-state index contributed by atoms with van der Waals surface area (Å²) in [5, 5.41) is 9.05. The molecule has 0 unspecified atom stereocenters. The highest BCUT2D eigenvalue weighted by Crippen LogP contribution is 2.23. The molecule has 2 N–H and O–H groups in total. The third-order valence-electron chi connectivity index (χ3n) is 2.03. The van der Waals surface area contributed by atoms with E-state index in [9.17, 15) is 8.42 Å². The van der Waals surface area contributed by atoms with Crippen LogP contribution in [0.2, 0.25) is 0 Å². The monoisotopic (exact) mass is 246 g/mol. The van der Waals surface area contributed by atoms with Crippen molar-refractivity contribution in [2.75, 3.05) is 0 Å². The molecule has 0 aliphatic heterocycles. The van der Waals surface area contributed by atoms with E-state index >= 15 is 0 Å². The van der Waals surface area contributed by atoms with Gasteiger partial charge in [0.1, 0.15) is 0 Å². The molecule has 0 saturated carbocycles. The van der Waals surface area contributed by atoms with Crippen LogP contribution in [0.4, 0.5) is 0 Å². The number of aromatic amines is 1. The van der Waals surface area contributed by atoms with Crippen LogP contribution in [-0.4, -0.2) is 23.5 Å². The van der Waals surface area contributed by atoms with Gasteiger partial charge in [0.05, 0.1) is 28.9 Å². The molecule has 0 radical (unpaired) electrons. The molecule has 15 heavy (non-hydrogen) atoms. The number of nitrogens with zero attached hydrogens (tertiary/aromatic N) is 1. The second-order valence-electron chi connectivity index (χ2n) is 2.98. The zero-order chi connectivity index (χ0) is 11.1. The van der Waals surface area contributed by atoms with E-state index in [2.05, 4.69) is 9.97 Å². The molecule has 0 atom stereocenters. The SMILES string of the molecule is O=S(=O)(Cl)c1cc(CO)c2nc[nH]c2c1. The van der Waals surface area contributed by atoms with Crippen molar-refractivity contribution in [2.24, 2.45) is 0 Å². The molecule has 0 amide bonds. The maximum atomic E-state index is 11.1. The Bertz CT molecular complexity index is 605. The van der Waals surface area contributed by atoms with Crippen LogP contribution < -0.4 is 0 Å². The average molecular weight is 247 g/mol. The van der Waals surface area contributed by atoms with E-state index < -0.39 is 9.05 Å². The first-order valence-electron chi connectivity index (χ1n) is 4.04. The summed E-state index contributed by atoms with van der Waals surface area (Å²) in [4.78, 5) is 6.67. The van der Waals surface area contributed by atoms with Crippen molar-refractivity contribution in [1.29, 1.82) is 0 Å². The normalized spacial score (nSPS) is 12.1. The Labute approximate surface area is 90.1 Å². The van der Waals surface area contributed by atoms with Gasteiger partial charge < -0.3 is 10.1 Å². The Morgan fingerprint density at radius 1 is 1.47 bits per heavy atom. The highest BCUT2D eigenvalue weighted by molar-refractivity contribution is 8.13. The van der Waals surface area contributed by atoms with Crippen LogP contribution in [0.25, 0.3) is 11.0 Å². The first kappa shape index (κ1) is 10.4. The standard InChI is InChI=1S/C8H7ClN2O3S/c9-15(13,14)6-1-5(3-12)8-7(2-6)10-4-11-8/h1-2,4,12H,3H2,(H,10,11). The molecule has 2 rings (SSSR count). The number of imidazole rings is 1. The number of aliphatic hydroxyl groups is 1. The van der Waals surface area contributed by atoms with E-state index in [4.69, 9.17) is 15.8 Å². The average Bonchev–Trinajstić information content (AvgIpc) is 2.62. The molecule has 1 heterocycles. The molecular weight excluding hydrogens is 240 g/mol. The molecule has 0 aliphatic rings. The summed E-state index contributed by atoms with van der Waals surface area (Å²) in [7, 11) is 1.42. The molecule has 0 bridgehead atoms. The Balaban J connectivity index is 2.80. The van der Waals surface area contributed by atoms with Gasteiger partial charge in [0.25, 0.3) is 9.05 Å². The lowest BCUT2D eigenvalue weighted by molar-refractivity contribution is 0.283. The van der Waals surface area contributed by atoms with Gasteiger partial charge in [0.2, 0.25) is 0 Å².